The van der Waals surface area contributed by atoms with Gasteiger partial charge in [0.05, 0.1) is 16.6 Å². The van der Waals surface area contributed by atoms with Gasteiger partial charge in [0.25, 0.3) is 0 Å². The molecule has 3 heteroatoms. The minimum atomic E-state index is -0.377. The number of nitrogens with zero attached hydrogens (tertiary/aromatic N) is 2. The minimum Gasteiger partial charge on any atom is -0.485 e. The molecule has 6 aromatic rings. The molecule has 48 heavy (non-hydrogen) atoms. The highest BCUT2D eigenvalue weighted by Gasteiger charge is 2.52. The Morgan fingerprint density at radius 2 is 1.40 bits per heavy atom. The third-order valence-corrected chi connectivity index (χ3v) is 10.2. The van der Waals surface area contributed by atoms with Crippen LogP contribution in [0.1, 0.15) is 29.0 Å². The van der Waals surface area contributed by atoms with Crippen molar-refractivity contribution in [3.8, 4) is 28.4 Å². The third kappa shape index (κ3) is 4.65. The van der Waals surface area contributed by atoms with Gasteiger partial charge in [0, 0.05) is 33.9 Å². The number of fused-ring (bicyclic) bond motifs is 3. The smallest absolute Gasteiger partial charge is 0.160 e. The third-order valence-electron chi connectivity index (χ3n) is 10.2. The standard InChI is InChI=1S/C45H34N2O/c1-3-14-32(15-4-1)43-37-20-7-10-23-40(37)46-44(47-43)34-17-13-16-33(30-34)31-26-28-36(29-27-31)45(35-18-5-2-6-19-35)38-21-8-11-24-41(38)48-42-25-12-9-22-39(42)45/h1-26,28-31,38,41H,27H2. The molecule has 230 valence electrons. The van der Waals surface area contributed by atoms with Gasteiger partial charge in [0.15, 0.2) is 5.82 Å². The molecular formula is C45H34N2O. The average Bonchev–Trinajstić information content (AvgIpc) is 3.17. The lowest BCUT2D eigenvalue weighted by Crippen LogP contribution is -2.49. The maximum Gasteiger partial charge on any atom is 0.160 e. The van der Waals surface area contributed by atoms with Crippen molar-refractivity contribution in [3.63, 3.8) is 0 Å². The van der Waals surface area contributed by atoms with Gasteiger partial charge in [0.1, 0.15) is 11.9 Å². The number of benzene rings is 5. The Morgan fingerprint density at radius 1 is 0.646 bits per heavy atom. The van der Waals surface area contributed by atoms with E-state index in [0.29, 0.717) is 0 Å². The maximum atomic E-state index is 6.61. The molecule has 0 N–H and O–H groups in total. The molecule has 0 bridgehead atoms. The van der Waals surface area contributed by atoms with Crippen LogP contribution in [0.2, 0.25) is 0 Å². The first kappa shape index (κ1) is 28.4. The van der Waals surface area contributed by atoms with Gasteiger partial charge in [-0.1, -0.05) is 152 Å². The van der Waals surface area contributed by atoms with Crippen LogP contribution < -0.4 is 4.74 Å². The van der Waals surface area contributed by atoms with Crippen LogP contribution >= 0.6 is 0 Å². The summed E-state index contributed by atoms with van der Waals surface area (Å²) in [6.45, 7) is 0. The van der Waals surface area contributed by atoms with Crippen molar-refractivity contribution in [3.05, 3.63) is 198 Å². The van der Waals surface area contributed by atoms with Crippen LogP contribution in [-0.4, -0.2) is 16.1 Å². The number of para-hydroxylation sites is 2. The highest BCUT2D eigenvalue weighted by Crippen LogP contribution is 2.56. The second kappa shape index (κ2) is 11.8. The SMILES string of the molecule is C1=CC2Oc3ccccc3C(C3=CCC(c4cccc(-c5nc(-c6ccccc6)c6ccccc6n5)c4)C=C3)(c3ccccc3)C2C=C1. The molecule has 5 aromatic carbocycles. The monoisotopic (exact) mass is 618 g/mol. The molecule has 9 rings (SSSR count). The number of hydrogen-bond donors (Lipinski definition) is 0. The first-order valence-corrected chi connectivity index (χ1v) is 16.8. The number of allylic oxidation sites excluding steroid dienone is 6. The highest BCUT2D eigenvalue weighted by molar-refractivity contribution is 5.93. The van der Waals surface area contributed by atoms with E-state index in [9.17, 15) is 0 Å². The Morgan fingerprint density at radius 3 is 2.25 bits per heavy atom. The zero-order valence-electron chi connectivity index (χ0n) is 26.5. The fraction of sp³-hybridized carbons (Fsp3) is 0.111. The summed E-state index contributed by atoms with van der Waals surface area (Å²) in [7, 11) is 0. The predicted octanol–water partition coefficient (Wildman–Crippen LogP) is 10.4. The summed E-state index contributed by atoms with van der Waals surface area (Å²) < 4.78 is 6.61. The summed E-state index contributed by atoms with van der Waals surface area (Å²) in [5, 5.41) is 1.06. The maximum absolute atomic E-state index is 6.61. The van der Waals surface area contributed by atoms with Gasteiger partial charge >= 0.3 is 0 Å². The van der Waals surface area contributed by atoms with Gasteiger partial charge in [-0.3, -0.25) is 0 Å². The molecule has 3 aliphatic rings. The number of rotatable bonds is 5. The van der Waals surface area contributed by atoms with Crippen LogP contribution in [0.25, 0.3) is 33.5 Å². The molecule has 4 unspecified atom stereocenters. The zero-order chi connectivity index (χ0) is 31.9. The Balaban J connectivity index is 1.11. The Bertz CT molecular complexity index is 2270. The van der Waals surface area contributed by atoms with Gasteiger partial charge in [-0.05, 0) is 47.4 Å². The first-order valence-electron chi connectivity index (χ1n) is 16.8. The van der Waals surface area contributed by atoms with E-state index in [0.717, 1.165) is 45.7 Å². The van der Waals surface area contributed by atoms with E-state index in [-0.39, 0.29) is 23.4 Å². The molecule has 0 radical (unpaired) electrons. The average molecular weight is 619 g/mol. The molecule has 0 fully saturated rings. The lowest BCUT2D eigenvalue weighted by Gasteiger charge is -2.50. The topological polar surface area (TPSA) is 35.0 Å². The summed E-state index contributed by atoms with van der Waals surface area (Å²) >= 11 is 0. The van der Waals surface area contributed by atoms with E-state index >= 15 is 0 Å². The second-order valence-corrected chi connectivity index (χ2v) is 12.8. The summed E-state index contributed by atoms with van der Waals surface area (Å²) in [4.78, 5) is 10.2. The van der Waals surface area contributed by atoms with Gasteiger partial charge in [-0.25, -0.2) is 9.97 Å². The lowest BCUT2D eigenvalue weighted by molar-refractivity contribution is 0.139. The van der Waals surface area contributed by atoms with Crippen molar-refractivity contribution in [1.29, 1.82) is 0 Å². The Hall–Kier alpha value is -5.80. The van der Waals surface area contributed by atoms with Gasteiger partial charge < -0.3 is 4.74 Å². The molecule has 0 saturated carbocycles. The fourth-order valence-electron chi connectivity index (χ4n) is 7.97. The molecule has 0 amide bonds. The van der Waals surface area contributed by atoms with Gasteiger partial charge in [-0.2, -0.15) is 0 Å². The van der Waals surface area contributed by atoms with E-state index in [1.807, 2.05) is 12.1 Å². The number of hydrogen-bond acceptors (Lipinski definition) is 3. The van der Waals surface area contributed by atoms with E-state index < -0.39 is 0 Å². The van der Waals surface area contributed by atoms with Crippen molar-refractivity contribution >= 4 is 10.9 Å². The normalized spacial score (nSPS) is 22.4. The van der Waals surface area contributed by atoms with Crippen LogP contribution in [0.15, 0.2) is 182 Å². The fourth-order valence-corrected chi connectivity index (χ4v) is 7.97. The van der Waals surface area contributed by atoms with Gasteiger partial charge in [0.2, 0.25) is 0 Å². The molecular weight excluding hydrogens is 585 g/mol. The van der Waals surface area contributed by atoms with Crippen molar-refractivity contribution < 1.29 is 4.74 Å². The second-order valence-electron chi connectivity index (χ2n) is 12.8. The number of ether oxygens (including phenoxy) is 1. The molecule has 4 atom stereocenters. The van der Waals surface area contributed by atoms with Crippen LogP contribution in [0.4, 0.5) is 0 Å². The summed E-state index contributed by atoms with van der Waals surface area (Å²) in [6.07, 6.45) is 16.9. The molecule has 0 saturated heterocycles. The molecule has 2 heterocycles. The molecule has 2 aliphatic carbocycles. The van der Waals surface area contributed by atoms with Crippen molar-refractivity contribution in [2.75, 3.05) is 0 Å². The van der Waals surface area contributed by atoms with Crippen LogP contribution in [0, 0.1) is 5.92 Å². The van der Waals surface area contributed by atoms with Crippen LogP contribution in [0.3, 0.4) is 0 Å². The first-order chi connectivity index (χ1) is 23.8. The number of aromatic nitrogens is 2. The summed E-state index contributed by atoms with van der Waals surface area (Å²) in [5.41, 5.74) is 8.73. The van der Waals surface area contributed by atoms with Crippen molar-refractivity contribution in [1.82, 2.24) is 9.97 Å². The van der Waals surface area contributed by atoms with E-state index in [2.05, 4.69) is 164 Å². The van der Waals surface area contributed by atoms with Crippen LogP contribution in [-0.2, 0) is 5.41 Å². The van der Waals surface area contributed by atoms with E-state index in [4.69, 9.17) is 14.7 Å². The quantitative estimate of drug-likeness (QED) is 0.193. The minimum absolute atomic E-state index is 0.0449. The van der Waals surface area contributed by atoms with Crippen molar-refractivity contribution in [2.24, 2.45) is 5.92 Å². The predicted molar refractivity (Wildman–Crippen MR) is 195 cm³/mol. The Kier molecular flexibility index (Phi) is 6.97. The van der Waals surface area contributed by atoms with Gasteiger partial charge in [-0.15, -0.1) is 0 Å². The van der Waals surface area contributed by atoms with E-state index in [1.165, 1.54) is 22.3 Å². The molecule has 3 nitrogen and oxygen atoms in total. The lowest BCUT2D eigenvalue weighted by atomic mass is 9.57. The van der Waals surface area contributed by atoms with E-state index in [1.54, 1.807) is 0 Å². The van der Waals surface area contributed by atoms with Crippen LogP contribution in [0.5, 0.6) is 5.75 Å². The summed E-state index contributed by atoms with van der Waals surface area (Å²) in [5.74, 6) is 2.06. The highest BCUT2D eigenvalue weighted by atomic mass is 16.5. The van der Waals surface area contributed by atoms with Crippen molar-refractivity contribution in [2.45, 2.75) is 23.9 Å². The molecule has 1 aromatic heterocycles. The molecule has 1 aliphatic heterocycles. The molecule has 0 spiro atoms. The largest absolute Gasteiger partial charge is 0.485 e. The zero-order valence-corrected chi connectivity index (χ0v) is 26.5. The Labute approximate surface area is 281 Å². The summed E-state index contributed by atoms with van der Waals surface area (Å²) in [6, 6.07) is 47.0.